The van der Waals surface area contributed by atoms with Crippen LogP contribution >= 0.6 is 34.8 Å². The van der Waals surface area contributed by atoms with Crippen molar-refractivity contribution in [2.45, 2.75) is 9.75 Å². The van der Waals surface area contributed by atoms with Crippen LogP contribution in [0.5, 0.6) is 0 Å². The molecule has 8 heteroatoms. The van der Waals surface area contributed by atoms with Gasteiger partial charge >= 0.3 is 0 Å². The minimum atomic E-state index is -1.26. The number of hydrogen-bond donors (Lipinski definition) is 1. The fourth-order valence-electron chi connectivity index (χ4n) is 5.76. The smallest absolute Gasteiger partial charge is 0.244 e. The van der Waals surface area contributed by atoms with Gasteiger partial charge in [0.15, 0.2) is 0 Å². The summed E-state index contributed by atoms with van der Waals surface area (Å²) in [5, 5.41) is 3.23. The molecule has 5 nitrogen and oxygen atoms in total. The van der Waals surface area contributed by atoms with E-state index in [1.165, 1.54) is 0 Å². The van der Waals surface area contributed by atoms with E-state index in [2.05, 4.69) is 5.32 Å². The lowest BCUT2D eigenvalue weighted by Gasteiger charge is -2.54. The van der Waals surface area contributed by atoms with E-state index >= 15 is 0 Å². The lowest BCUT2D eigenvalue weighted by atomic mass is 9.54. The number of rotatable bonds is 3. The molecule has 1 heterocycles. The van der Waals surface area contributed by atoms with E-state index in [-0.39, 0.29) is 0 Å². The molecule has 0 spiro atoms. The summed E-state index contributed by atoms with van der Waals surface area (Å²) in [4.78, 5) is 38.6. The van der Waals surface area contributed by atoms with E-state index in [1.807, 2.05) is 48.5 Å². The number of alkyl halides is 2. The molecule has 0 radical (unpaired) electrons. The summed E-state index contributed by atoms with van der Waals surface area (Å²) in [5.41, 5.74) is 3.40. The molecule has 1 N–H and O–H groups in total. The highest BCUT2D eigenvalue weighted by atomic mass is 35.5. The zero-order valence-corrected chi connectivity index (χ0v) is 19.9. The van der Waals surface area contributed by atoms with Gasteiger partial charge in [0.1, 0.15) is 16.3 Å². The second-order valence-corrected chi connectivity index (χ2v) is 10.4. The Morgan fingerprint density at radius 3 is 1.59 bits per heavy atom. The van der Waals surface area contributed by atoms with E-state index in [9.17, 15) is 14.4 Å². The first kappa shape index (κ1) is 21.7. The molecule has 0 aromatic heterocycles. The number of carbonyl (C=O) groups is 3. The molecule has 7 rings (SSSR count). The van der Waals surface area contributed by atoms with Gasteiger partial charge in [0.25, 0.3) is 0 Å². The van der Waals surface area contributed by atoms with Crippen molar-refractivity contribution in [2.75, 3.05) is 11.9 Å². The van der Waals surface area contributed by atoms with Gasteiger partial charge in [-0.1, -0.05) is 60.1 Å². The van der Waals surface area contributed by atoms with Crippen LogP contribution in [0.3, 0.4) is 0 Å². The zero-order valence-electron chi connectivity index (χ0n) is 17.6. The Bertz CT molecular complexity index is 1270. The number of benzene rings is 3. The maximum Gasteiger partial charge on any atom is 0.244 e. The molecular weight excluding hydrogens is 495 g/mol. The Hall–Kier alpha value is -2.86. The highest BCUT2D eigenvalue weighted by Gasteiger charge is 2.73. The number of carbonyl (C=O) groups excluding carboxylic acids is 3. The maximum atomic E-state index is 13.7. The number of likely N-dealkylation sites (tertiary alicyclic amines) is 1. The van der Waals surface area contributed by atoms with Crippen LogP contribution in [-0.2, 0) is 24.1 Å². The van der Waals surface area contributed by atoms with Gasteiger partial charge in [-0.25, -0.2) is 0 Å². The van der Waals surface area contributed by atoms with Crippen LogP contribution in [0.2, 0.25) is 5.02 Å². The Kier molecular flexibility index (Phi) is 4.66. The van der Waals surface area contributed by atoms with Crippen molar-refractivity contribution in [1.29, 1.82) is 0 Å². The summed E-state index contributed by atoms with van der Waals surface area (Å²) < 4.78 is 0. The quantitative estimate of drug-likeness (QED) is 0.403. The third-order valence-electron chi connectivity index (χ3n) is 7.11. The van der Waals surface area contributed by atoms with Crippen LogP contribution in [0.1, 0.15) is 22.3 Å². The van der Waals surface area contributed by atoms with Crippen LogP contribution in [0, 0.1) is 11.8 Å². The summed E-state index contributed by atoms with van der Waals surface area (Å²) in [6.45, 7) is -0.431. The number of nitrogens with zero attached hydrogens (tertiary/aromatic N) is 1. The van der Waals surface area contributed by atoms with Crippen LogP contribution in [-0.4, -0.2) is 29.2 Å². The summed E-state index contributed by atoms with van der Waals surface area (Å²) in [6.07, 6.45) is 0. The molecule has 1 aliphatic heterocycles. The molecule has 3 aliphatic carbocycles. The molecule has 2 atom stereocenters. The van der Waals surface area contributed by atoms with Crippen molar-refractivity contribution < 1.29 is 14.4 Å². The second kappa shape index (κ2) is 7.32. The predicted molar refractivity (Wildman–Crippen MR) is 130 cm³/mol. The highest BCUT2D eigenvalue weighted by molar-refractivity contribution is 6.36. The van der Waals surface area contributed by atoms with Gasteiger partial charge < -0.3 is 5.32 Å². The molecule has 1 fully saturated rings. The fourth-order valence-corrected chi connectivity index (χ4v) is 6.98. The molecule has 34 heavy (non-hydrogen) atoms. The van der Waals surface area contributed by atoms with Crippen molar-refractivity contribution in [1.82, 2.24) is 4.90 Å². The van der Waals surface area contributed by atoms with Crippen LogP contribution < -0.4 is 5.32 Å². The average molecular weight is 512 g/mol. The number of halogens is 3. The van der Waals surface area contributed by atoms with E-state index in [1.54, 1.807) is 24.3 Å². The topological polar surface area (TPSA) is 66.5 Å². The Balaban J connectivity index is 1.42. The minimum Gasteiger partial charge on any atom is -0.325 e. The van der Waals surface area contributed by atoms with Gasteiger partial charge in [0, 0.05) is 10.7 Å². The number of hydrogen-bond acceptors (Lipinski definition) is 3. The molecule has 2 bridgehead atoms. The van der Waals surface area contributed by atoms with E-state index in [0.29, 0.717) is 10.7 Å². The van der Waals surface area contributed by atoms with Gasteiger partial charge in [-0.2, -0.15) is 0 Å². The first-order valence-corrected chi connectivity index (χ1v) is 11.9. The van der Waals surface area contributed by atoms with Crippen molar-refractivity contribution in [3.63, 3.8) is 0 Å². The standard InChI is InChI=1S/C26H17Cl3N2O3/c27-14-9-11-15(12-10-14)30-20(32)13-31-23(33)21-22(24(31)34)26(29)17-6-2-1-5-16(17)25(21,28)18-7-3-4-8-19(18)26/h1-12,21-22H,13H2,(H,30,32)/t21-,22-,25?,26?/m0/s1. The fraction of sp³-hybridized carbons (Fsp3) is 0.192. The van der Waals surface area contributed by atoms with Gasteiger partial charge in [0.2, 0.25) is 17.7 Å². The third kappa shape index (κ3) is 2.66. The normalized spacial score (nSPS) is 28.4. The van der Waals surface area contributed by atoms with Gasteiger partial charge in [-0.05, 0) is 46.5 Å². The first-order chi connectivity index (χ1) is 16.3. The number of amides is 3. The molecule has 0 unspecified atom stereocenters. The van der Waals surface area contributed by atoms with Gasteiger partial charge in [-0.15, -0.1) is 23.2 Å². The average Bonchev–Trinajstić information content (AvgIpc) is 3.10. The van der Waals surface area contributed by atoms with Crippen molar-refractivity contribution in [2.24, 2.45) is 11.8 Å². The molecule has 4 aliphatic rings. The monoisotopic (exact) mass is 510 g/mol. The third-order valence-corrected chi connectivity index (χ3v) is 8.64. The summed E-state index contributed by atoms with van der Waals surface area (Å²) in [6, 6.07) is 21.4. The Labute approximate surface area is 210 Å². The number of imide groups is 1. The largest absolute Gasteiger partial charge is 0.325 e. The van der Waals surface area contributed by atoms with E-state index < -0.39 is 45.9 Å². The molecular formula is C26H17Cl3N2O3. The molecule has 0 saturated carbocycles. The van der Waals surface area contributed by atoms with Gasteiger partial charge in [-0.3, -0.25) is 19.3 Å². The summed E-state index contributed by atoms with van der Waals surface area (Å²) in [7, 11) is 0. The first-order valence-electron chi connectivity index (χ1n) is 10.8. The van der Waals surface area contributed by atoms with Crippen LogP contribution in [0.25, 0.3) is 0 Å². The second-order valence-electron chi connectivity index (χ2n) is 8.79. The summed E-state index contributed by atoms with van der Waals surface area (Å²) >= 11 is 20.6. The Morgan fingerprint density at radius 2 is 1.18 bits per heavy atom. The molecule has 3 amide bonds. The van der Waals surface area contributed by atoms with Crippen LogP contribution in [0.15, 0.2) is 72.8 Å². The summed E-state index contributed by atoms with van der Waals surface area (Å²) in [5.74, 6) is -3.34. The number of nitrogens with one attached hydrogen (secondary N) is 1. The predicted octanol–water partition coefficient (Wildman–Crippen LogP) is 4.87. The van der Waals surface area contributed by atoms with E-state index in [4.69, 9.17) is 34.8 Å². The lowest BCUT2D eigenvalue weighted by Crippen LogP contribution is -2.57. The zero-order chi connectivity index (χ0) is 23.8. The Morgan fingerprint density at radius 1 is 0.765 bits per heavy atom. The SMILES string of the molecule is O=C(CN1C(=O)[C@@H]2[C@@H](C1=O)C1(Cl)c3ccccc3C2(Cl)c2ccccc21)Nc1ccc(Cl)cc1. The van der Waals surface area contributed by atoms with Crippen LogP contribution in [0.4, 0.5) is 5.69 Å². The van der Waals surface area contributed by atoms with Crippen molar-refractivity contribution in [3.8, 4) is 0 Å². The highest BCUT2D eigenvalue weighted by Crippen LogP contribution is 2.69. The van der Waals surface area contributed by atoms with Crippen molar-refractivity contribution in [3.05, 3.63) is 100 Å². The van der Waals surface area contributed by atoms with Gasteiger partial charge in [0.05, 0.1) is 11.8 Å². The molecule has 1 saturated heterocycles. The molecule has 3 aromatic carbocycles. The van der Waals surface area contributed by atoms with Crippen molar-refractivity contribution >= 4 is 58.2 Å². The molecule has 3 aromatic rings. The molecule has 170 valence electrons. The minimum absolute atomic E-state index is 0.431. The lowest BCUT2D eigenvalue weighted by molar-refractivity contribution is -0.142. The maximum absolute atomic E-state index is 13.7. The van der Waals surface area contributed by atoms with E-state index in [0.717, 1.165) is 27.2 Å². The number of anilines is 1.